The van der Waals surface area contributed by atoms with Crippen molar-refractivity contribution in [3.8, 4) is 0 Å². The van der Waals surface area contributed by atoms with Gasteiger partial charge in [-0.1, -0.05) is 83.9 Å². The van der Waals surface area contributed by atoms with Gasteiger partial charge < -0.3 is 44.1 Å². The van der Waals surface area contributed by atoms with Gasteiger partial charge in [-0.3, -0.25) is 0 Å². The van der Waals surface area contributed by atoms with Crippen LogP contribution in [-0.4, -0.2) is 95.0 Å². The van der Waals surface area contributed by atoms with Crippen LogP contribution in [0.15, 0.2) is 59.4 Å². The van der Waals surface area contributed by atoms with Crippen molar-refractivity contribution in [2.75, 3.05) is 14.2 Å². The van der Waals surface area contributed by atoms with Gasteiger partial charge in [-0.25, -0.2) is 14.4 Å². The lowest BCUT2D eigenvalue weighted by Crippen LogP contribution is -2.59. The molecule has 0 aliphatic carbocycles. The molecule has 0 aromatic carbocycles. The number of aliphatic hydroxyl groups is 3. The molecular formula is C39H60O12. The molecule has 0 saturated carbocycles. The first kappa shape index (κ1) is 43.9. The Hall–Kier alpha value is -3.29. The van der Waals surface area contributed by atoms with Crippen LogP contribution in [0.1, 0.15) is 75.2 Å². The molecule has 2 rings (SSSR count). The topological polar surface area (TPSA) is 178 Å². The van der Waals surface area contributed by atoms with Gasteiger partial charge in [0.25, 0.3) is 0 Å². The summed E-state index contributed by atoms with van der Waals surface area (Å²) in [4.78, 5) is 37.1. The quantitative estimate of drug-likeness (QED) is 0.178. The van der Waals surface area contributed by atoms with Crippen LogP contribution in [0.5, 0.6) is 0 Å². The summed E-state index contributed by atoms with van der Waals surface area (Å²) < 4.78 is 29.1. The van der Waals surface area contributed by atoms with E-state index in [0.29, 0.717) is 18.1 Å². The monoisotopic (exact) mass is 720 g/mol. The molecule has 12 atom stereocenters. The number of hydrogen-bond acceptors (Lipinski definition) is 11. The van der Waals surface area contributed by atoms with E-state index in [0.717, 1.165) is 11.6 Å². The summed E-state index contributed by atoms with van der Waals surface area (Å²) in [5.74, 6) is -7.68. The third kappa shape index (κ3) is 12.1. The van der Waals surface area contributed by atoms with Gasteiger partial charge in [0.05, 0.1) is 25.4 Å². The van der Waals surface area contributed by atoms with E-state index in [2.05, 4.69) is 0 Å². The second kappa shape index (κ2) is 19.5. The van der Waals surface area contributed by atoms with Crippen molar-refractivity contribution in [3.63, 3.8) is 0 Å². The molecule has 4 N–H and O–H groups in total. The molecule has 2 aliphatic heterocycles. The van der Waals surface area contributed by atoms with Crippen LogP contribution in [0.2, 0.25) is 0 Å². The molecule has 0 bridgehead atoms. The Bertz CT molecular complexity index is 1350. The van der Waals surface area contributed by atoms with E-state index in [1.165, 1.54) is 20.3 Å². The van der Waals surface area contributed by atoms with E-state index in [1.807, 2.05) is 53.7 Å². The number of aliphatic carboxylic acids is 1. The lowest BCUT2D eigenvalue weighted by molar-refractivity contribution is -0.329. The molecule has 12 nitrogen and oxygen atoms in total. The van der Waals surface area contributed by atoms with Gasteiger partial charge in [-0.05, 0) is 38.2 Å². The molecular weight excluding hydrogens is 660 g/mol. The summed E-state index contributed by atoms with van der Waals surface area (Å²) in [7, 11) is 2.80. The largest absolute Gasteiger partial charge is 0.490 e. The summed E-state index contributed by atoms with van der Waals surface area (Å²) in [6, 6.07) is 0. The number of esters is 2. The fourth-order valence-electron chi connectivity index (χ4n) is 7.00. The van der Waals surface area contributed by atoms with Crippen molar-refractivity contribution in [1.29, 1.82) is 0 Å². The molecule has 0 aromatic rings. The van der Waals surface area contributed by atoms with Crippen molar-refractivity contribution >= 4 is 17.9 Å². The number of aliphatic hydroxyl groups excluding tert-OH is 2. The van der Waals surface area contributed by atoms with Gasteiger partial charge in [-0.15, -0.1) is 0 Å². The van der Waals surface area contributed by atoms with Crippen molar-refractivity contribution in [2.45, 2.75) is 118 Å². The molecule has 0 amide bonds. The lowest BCUT2D eigenvalue weighted by atomic mass is 9.76. The molecule has 12 heteroatoms. The van der Waals surface area contributed by atoms with Gasteiger partial charge in [-0.2, -0.15) is 0 Å². The first-order valence-corrected chi connectivity index (χ1v) is 17.7. The van der Waals surface area contributed by atoms with E-state index < -0.39 is 72.2 Å². The zero-order valence-corrected chi connectivity index (χ0v) is 31.9. The number of carbonyl (C=O) groups is 3. The van der Waals surface area contributed by atoms with Crippen molar-refractivity contribution in [2.24, 2.45) is 35.5 Å². The summed E-state index contributed by atoms with van der Waals surface area (Å²) in [6.45, 7) is 16.5. The van der Waals surface area contributed by atoms with Crippen LogP contribution in [0, 0.1) is 35.5 Å². The summed E-state index contributed by atoms with van der Waals surface area (Å²) in [6.07, 6.45) is 5.37. The summed E-state index contributed by atoms with van der Waals surface area (Å²) in [5.41, 5.74) is 1.70. The Labute approximate surface area is 302 Å². The predicted octanol–water partition coefficient (Wildman–Crippen LogP) is 4.88. The second-order valence-electron chi connectivity index (χ2n) is 14.6. The molecule has 2 aliphatic rings. The highest BCUT2D eigenvalue weighted by Gasteiger charge is 2.53. The molecule has 2 heterocycles. The second-order valence-corrected chi connectivity index (χ2v) is 14.6. The molecule has 0 spiro atoms. The highest BCUT2D eigenvalue weighted by molar-refractivity contribution is 5.90. The fourth-order valence-corrected chi connectivity index (χ4v) is 7.00. The van der Waals surface area contributed by atoms with E-state index in [4.69, 9.17) is 28.8 Å². The van der Waals surface area contributed by atoms with Crippen molar-refractivity contribution in [3.05, 3.63) is 59.4 Å². The minimum absolute atomic E-state index is 0.0458. The Morgan fingerprint density at radius 1 is 1.06 bits per heavy atom. The highest BCUT2D eigenvalue weighted by atomic mass is 16.6. The zero-order chi connectivity index (χ0) is 38.8. The average molecular weight is 721 g/mol. The number of cyclic esters (lactones) is 1. The Kier molecular flexibility index (Phi) is 16.8. The third-order valence-electron chi connectivity index (χ3n) is 10.1. The van der Waals surface area contributed by atoms with E-state index in [9.17, 15) is 29.7 Å². The predicted molar refractivity (Wildman–Crippen MR) is 191 cm³/mol. The highest BCUT2D eigenvalue weighted by Crippen LogP contribution is 2.42. The molecule has 288 valence electrons. The molecule has 0 aromatic heterocycles. The molecule has 0 unspecified atom stereocenters. The number of carboxylic acid groups (broad SMARTS) is 1. The Balaban J connectivity index is 2.55. The van der Waals surface area contributed by atoms with Gasteiger partial charge in [0.2, 0.25) is 5.76 Å². The fraction of sp³-hybridized carbons (Fsp3) is 0.667. The van der Waals surface area contributed by atoms with Gasteiger partial charge >= 0.3 is 17.9 Å². The number of carboxylic acids is 1. The standard InChI is InChI=1S/C39H60O12/c1-21(2)36-26(7)31(49-33(42)16-15-32(40)41)20-39(46,51-36)28(9)35(44)27(8)37-29(47-10)14-12-13-22(3)17-24(5)34(43)25(6)18-23(4)19-30(48-11)38(45)50-37/h12-16,18-19,21,24-29,31,34-37,43-44,46H,17,20H2,1-11H3,(H,40,41)/b14-12+,16-15+,22-13+,23-18+,30-19-/t24-,25+,26-,27-,28-,29-,31+,34-,35+,36+,37+,39+/m0/s1. The average Bonchev–Trinajstić information content (AvgIpc) is 3.06. The molecule has 1 saturated heterocycles. The first-order valence-electron chi connectivity index (χ1n) is 17.7. The van der Waals surface area contributed by atoms with Crippen molar-refractivity contribution < 1.29 is 58.5 Å². The van der Waals surface area contributed by atoms with E-state index >= 15 is 0 Å². The molecule has 1 fully saturated rings. The van der Waals surface area contributed by atoms with Crippen LogP contribution >= 0.6 is 0 Å². The SMILES string of the molecule is CO/C1=C\C(C)=C\[C@@H](C)[C@@H](O)[C@@H](C)C/C(C)=C/C=C/[C@H](OC)[C@@H]([C@@H](C)[C@@H](O)[C@H](C)[C@@]2(O)C[C@@H](OC(=O)/C=C/C(=O)O)[C@H](C)[C@@H](C(C)C)O2)OC1=O. The number of methoxy groups -OCH3 is 2. The van der Waals surface area contributed by atoms with Crippen molar-refractivity contribution in [1.82, 2.24) is 0 Å². The normalized spacial score (nSPS) is 37.1. The van der Waals surface area contributed by atoms with E-state index in [-0.39, 0.29) is 35.9 Å². The van der Waals surface area contributed by atoms with Crippen LogP contribution in [0.25, 0.3) is 0 Å². The minimum atomic E-state index is -1.99. The number of allylic oxidation sites excluding steroid dienone is 5. The van der Waals surface area contributed by atoms with Crippen LogP contribution < -0.4 is 0 Å². The van der Waals surface area contributed by atoms with Crippen LogP contribution in [0.3, 0.4) is 0 Å². The Morgan fingerprint density at radius 3 is 2.27 bits per heavy atom. The summed E-state index contributed by atoms with van der Waals surface area (Å²) in [5, 5.41) is 43.8. The molecule has 51 heavy (non-hydrogen) atoms. The van der Waals surface area contributed by atoms with Gasteiger partial charge in [0.1, 0.15) is 18.3 Å². The smallest absolute Gasteiger partial charge is 0.373 e. The number of rotatable bonds is 10. The number of hydrogen-bond donors (Lipinski definition) is 4. The minimum Gasteiger partial charge on any atom is -0.490 e. The first-order chi connectivity index (χ1) is 23.8. The number of ether oxygens (including phenoxy) is 5. The van der Waals surface area contributed by atoms with Crippen LogP contribution in [0.4, 0.5) is 0 Å². The maximum absolute atomic E-state index is 13.6. The summed E-state index contributed by atoms with van der Waals surface area (Å²) >= 11 is 0. The maximum Gasteiger partial charge on any atom is 0.373 e. The van der Waals surface area contributed by atoms with Gasteiger partial charge in [0, 0.05) is 49.4 Å². The zero-order valence-electron chi connectivity index (χ0n) is 31.9. The maximum atomic E-state index is 13.6. The van der Waals surface area contributed by atoms with E-state index in [1.54, 1.807) is 32.9 Å². The third-order valence-corrected chi connectivity index (χ3v) is 10.1. The van der Waals surface area contributed by atoms with Crippen LogP contribution in [-0.2, 0) is 38.1 Å². The van der Waals surface area contributed by atoms with Gasteiger partial charge in [0.15, 0.2) is 5.79 Å². The lowest BCUT2D eigenvalue weighted by Gasteiger charge is -2.50. The molecule has 0 radical (unpaired) electrons. The Morgan fingerprint density at radius 2 is 1.71 bits per heavy atom. The number of carbonyl (C=O) groups excluding carboxylic acids is 2.